The molecular weight excluding hydrogens is 414 g/mol. The molecular formula is C23H39N3O4S. The molecule has 1 aromatic carbocycles. The molecule has 176 valence electrons. The van der Waals surface area contributed by atoms with Gasteiger partial charge in [-0.2, -0.15) is 4.31 Å². The summed E-state index contributed by atoms with van der Waals surface area (Å²) in [6.07, 6.45) is 5.64. The number of hydrogen-bond donors (Lipinski definition) is 1. The van der Waals surface area contributed by atoms with Crippen LogP contribution in [0.4, 0.5) is 0 Å². The fourth-order valence-electron chi connectivity index (χ4n) is 3.78. The second-order valence-corrected chi connectivity index (χ2v) is 10.2. The van der Waals surface area contributed by atoms with Gasteiger partial charge >= 0.3 is 0 Å². The summed E-state index contributed by atoms with van der Waals surface area (Å²) >= 11 is 0. The second kappa shape index (κ2) is 13.2. The maximum absolute atomic E-state index is 12.7. The molecule has 1 saturated heterocycles. The SMILES string of the molecule is CCCCCN(CC(=O)NCc1ccc(S(=O)(=O)N2CCOCC2)cc1)C(C)CCC. The Balaban J connectivity index is 1.88. The predicted molar refractivity (Wildman–Crippen MR) is 123 cm³/mol. The molecule has 31 heavy (non-hydrogen) atoms. The molecule has 0 radical (unpaired) electrons. The smallest absolute Gasteiger partial charge is 0.243 e. The van der Waals surface area contributed by atoms with Gasteiger partial charge in [0.1, 0.15) is 0 Å². The number of nitrogens with zero attached hydrogens (tertiary/aromatic N) is 2. The molecule has 8 heteroatoms. The van der Waals surface area contributed by atoms with Crippen molar-refractivity contribution in [2.24, 2.45) is 0 Å². The Kier molecular flexibility index (Phi) is 10.9. The van der Waals surface area contributed by atoms with E-state index < -0.39 is 10.0 Å². The van der Waals surface area contributed by atoms with Crippen LogP contribution in [-0.2, 0) is 26.1 Å². The monoisotopic (exact) mass is 453 g/mol. The highest BCUT2D eigenvalue weighted by Crippen LogP contribution is 2.17. The first kappa shape index (κ1) is 25.8. The lowest BCUT2D eigenvalue weighted by atomic mass is 10.1. The van der Waals surface area contributed by atoms with Crippen molar-refractivity contribution >= 4 is 15.9 Å². The van der Waals surface area contributed by atoms with Gasteiger partial charge in [0, 0.05) is 25.7 Å². The first-order chi connectivity index (χ1) is 14.9. The van der Waals surface area contributed by atoms with Gasteiger partial charge in [0.25, 0.3) is 0 Å². The van der Waals surface area contributed by atoms with Crippen molar-refractivity contribution in [3.8, 4) is 0 Å². The van der Waals surface area contributed by atoms with Crippen LogP contribution in [0.25, 0.3) is 0 Å². The van der Waals surface area contributed by atoms with E-state index in [0.29, 0.717) is 45.4 Å². The van der Waals surface area contributed by atoms with Crippen molar-refractivity contribution < 1.29 is 17.9 Å². The van der Waals surface area contributed by atoms with E-state index in [-0.39, 0.29) is 10.8 Å². The van der Waals surface area contributed by atoms with Gasteiger partial charge in [0.15, 0.2) is 0 Å². The molecule has 1 fully saturated rings. The molecule has 7 nitrogen and oxygen atoms in total. The highest BCUT2D eigenvalue weighted by Gasteiger charge is 2.26. The number of rotatable bonds is 13. The summed E-state index contributed by atoms with van der Waals surface area (Å²) in [5.74, 6) is 0.00414. The molecule has 1 amide bonds. The number of nitrogens with one attached hydrogen (secondary N) is 1. The molecule has 0 spiro atoms. The van der Waals surface area contributed by atoms with Crippen LogP contribution in [-0.4, -0.2) is 69.0 Å². The van der Waals surface area contributed by atoms with Gasteiger partial charge in [-0.1, -0.05) is 45.2 Å². The molecule has 1 heterocycles. The Morgan fingerprint density at radius 2 is 1.81 bits per heavy atom. The highest BCUT2D eigenvalue weighted by molar-refractivity contribution is 7.89. The van der Waals surface area contributed by atoms with E-state index in [0.717, 1.165) is 31.4 Å². The van der Waals surface area contributed by atoms with Gasteiger partial charge < -0.3 is 10.1 Å². The Morgan fingerprint density at radius 3 is 2.42 bits per heavy atom. The molecule has 2 rings (SSSR count). The molecule has 0 aromatic heterocycles. The molecule has 1 aliphatic rings. The van der Waals surface area contributed by atoms with Gasteiger partial charge in [0.05, 0.1) is 24.7 Å². The first-order valence-corrected chi connectivity index (χ1v) is 13.0. The molecule has 1 unspecified atom stereocenters. The summed E-state index contributed by atoms with van der Waals surface area (Å²) in [7, 11) is -3.49. The maximum Gasteiger partial charge on any atom is 0.243 e. The number of benzene rings is 1. The zero-order valence-electron chi connectivity index (χ0n) is 19.3. The van der Waals surface area contributed by atoms with E-state index in [1.807, 2.05) is 0 Å². The van der Waals surface area contributed by atoms with Gasteiger partial charge in [-0.3, -0.25) is 9.69 Å². The van der Waals surface area contributed by atoms with E-state index in [1.54, 1.807) is 24.3 Å². The van der Waals surface area contributed by atoms with Crippen LogP contribution in [0.1, 0.15) is 58.4 Å². The van der Waals surface area contributed by atoms with Crippen LogP contribution in [0.5, 0.6) is 0 Å². The number of hydrogen-bond acceptors (Lipinski definition) is 5. The third-order valence-corrected chi connectivity index (χ3v) is 7.66. The maximum atomic E-state index is 12.7. The van der Waals surface area contributed by atoms with Crippen LogP contribution in [0.15, 0.2) is 29.2 Å². The fourth-order valence-corrected chi connectivity index (χ4v) is 5.18. The minimum Gasteiger partial charge on any atom is -0.379 e. The highest BCUT2D eigenvalue weighted by atomic mass is 32.2. The van der Waals surface area contributed by atoms with Crippen LogP contribution in [0.2, 0.25) is 0 Å². The summed E-state index contributed by atoms with van der Waals surface area (Å²) in [5, 5.41) is 2.98. The minimum absolute atomic E-state index is 0.00414. The van der Waals surface area contributed by atoms with Crippen LogP contribution in [0.3, 0.4) is 0 Å². The summed E-state index contributed by atoms with van der Waals surface area (Å²) in [6.45, 7) is 9.89. The second-order valence-electron chi connectivity index (χ2n) is 8.25. The van der Waals surface area contributed by atoms with Crippen molar-refractivity contribution in [1.29, 1.82) is 0 Å². The van der Waals surface area contributed by atoms with E-state index in [4.69, 9.17) is 4.74 Å². The van der Waals surface area contributed by atoms with Crippen LogP contribution < -0.4 is 5.32 Å². The largest absolute Gasteiger partial charge is 0.379 e. The number of ether oxygens (including phenoxy) is 1. The molecule has 0 aliphatic carbocycles. The van der Waals surface area contributed by atoms with E-state index >= 15 is 0 Å². The number of sulfonamides is 1. The number of unbranched alkanes of at least 4 members (excludes halogenated alkanes) is 2. The number of carbonyl (C=O) groups is 1. The zero-order chi connectivity index (χ0) is 22.7. The van der Waals surface area contributed by atoms with Gasteiger partial charge in [-0.25, -0.2) is 8.42 Å². The predicted octanol–water partition coefficient (Wildman–Crippen LogP) is 3.00. The number of morpholine rings is 1. The molecule has 1 atom stereocenters. The van der Waals surface area contributed by atoms with Gasteiger partial charge in [-0.05, 0) is 44.0 Å². The van der Waals surface area contributed by atoms with Gasteiger partial charge in [-0.15, -0.1) is 0 Å². The summed E-state index contributed by atoms with van der Waals surface area (Å²) in [4.78, 5) is 15.1. The van der Waals surface area contributed by atoms with Crippen molar-refractivity contribution in [3.63, 3.8) is 0 Å². The molecule has 1 aliphatic heterocycles. The number of carbonyl (C=O) groups excluding carboxylic acids is 1. The zero-order valence-corrected chi connectivity index (χ0v) is 20.1. The lowest BCUT2D eigenvalue weighted by Gasteiger charge is -2.28. The lowest BCUT2D eigenvalue weighted by molar-refractivity contribution is -0.123. The quantitative estimate of drug-likeness (QED) is 0.465. The van der Waals surface area contributed by atoms with Crippen molar-refractivity contribution in [2.75, 3.05) is 39.4 Å². The summed E-state index contributed by atoms with van der Waals surface area (Å²) in [5.41, 5.74) is 0.883. The van der Waals surface area contributed by atoms with Crippen molar-refractivity contribution in [3.05, 3.63) is 29.8 Å². The third kappa shape index (κ3) is 8.18. The Labute approximate surface area is 188 Å². The average molecular weight is 454 g/mol. The summed E-state index contributed by atoms with van der Waals surface area (Å²) in [6, 6.07) is 7.16. The summed E-state index contributed by atoms with van der Waals surface area (Å²) < 4.78 is 32.1. The van der Waals surface area contributed by atoms with E-state index in [1.165, 1.54) is 17.1 Å². The average Bonchev–Trinajstić information content (AvgIpc) is 2.78. The lowest BCUT2D eigenvalue weighted by Crippen LogP contribution is -2.42. The third-order valence-electron chi connectivity index (χ3n) is 5.75. The fraction of sp³-hybridized carbons (Fsp3) is 0.696. The Hall–Kier alpha value is -1.48. The molecule has 0 bridgehead atoms. The topological polar surface area (TPSA) is 79.0 Å². The van der Waals surface area contributed by atoms with E-state index in [9.17, 15) is 13.2 Å². The Bertz CT molecular complexity index is 762. The normalized spacial score (nSPS) is 16.4. The number of amides is 1. The van der Waals surface area contributed by atoms with Crippen LogP contribution >= 0.6 is 0 Å². The molecule has 0 saturated carbocycles. The van der Waals surface area contributed by atoms with E-state index in [2.05, 4.69) is 31.0 Å². The molecule has 1 aromatic rings. The first-order valence-electron chi connectivity index (χ1n) is 11.6. The van der Waals surface area contributed by atoms with Crippen LogP contribution in [0, 0.1) is 0 Å². The van der Waals surface area contributed by atoms with Gasteiger partial charge in [0.2, 0.25) is 15.9 Å². The van der Waals surface area contributed by atoms with Crippen molar-refractivity contribution in [2.45, 2.75) is 70.4 Å². The standard InChI is InChI=1S/C23H39N3O4S/c1-4-6-7-13-25(20(3)8-5-2)19-23(27)24-18-21-9-11-22(12-10-21)31(28,29)26-14-16-30-17-15-26/h9-12,20H,4-8,13-19H2,1-3H3,(H,24,27). The van der Waals surface area contributed by atoms with Crippen molar-refractivity contribution in [1.82, 2.24) is 14.5 Å². The Morgan fingerprint density at radius 1 is 1.13 bits per heavy atom. The molecule has 1 N–H and O–H groups in total. The minimum atomic E-state index is -3.49.